The molecule has 1 rings (SSSR count). The molecule has 5 heteroatoms. The van der Waals surface area contributed by atoms with E-state index in [4.69, 9.17) is 0 Å². The smallest absolute Gasteiger partial charge is 0.191 e. The summed E-state index contributed by atoms with van der Waals surface area (Å²) in [6, 6.07) is 0.475. The van der Waals surface area contributed by atoms with Crippen LogP contribution in [0.25, 0.3) is 0 Å². The predicted octanol–water partition coefficient (Wildman–Crippen LogP) is 3.27. The summed E-state index contributed by atoms with van der Waals surface area (Å²) < 4.78 is 1.85. The van der Waals surface area contributed by atoms with Gasteiger partial charge >= 0.3 is 0 Å². The average Bonchev–Trinajstić information content (AvgIpc) is 2.94. The van der Waals surface area contributed by atoms with Crippen molar-refractivity contribution in [2.75, 3.05) is 13.1 Å². The third kappa shape index (κ3) is 9.26. The van der Waals surface area contributed by atoms with E-state index in [1.165, 1.54) is 37.7 Å². The van der Waals surface area contributed by atoms with Crippen molar-refractivity contribution in [2.24, 2.45) is 12.0 Å². The fourth-order valence-electron chi connectivity index (χ4n) is 2.58. The predicted molar refractivity (Wildman–Crippen MR) is 98.9 cm³/mol. The summed E-state index contributed by atoms with van der Waals surface area (Å²) in [6.45, 7) is 8.35. The molecule has 1 heterocycles. The molecule has 1 atom stereocenters. The molecule has 0 saturated carbocycles. The molecule has 132 valence electrons. The van der Waals surface area contributed by atoms with Crippen molar-refractivity contribution in [2.45, 2.75) is 71.8 Å². The monoisotopic (exact) mass is 321 g/mol. The van der Waals surface area contributed by atoms with Crippen molar-refractivity contribution in [1.29, 1.82) is 0 Å². The summed E-state index contributed by atoms with van der Waals surface area (Å²) in [5.74, 6) is 0.946. The quantitative estimate of drug-likeness (QED) is 0.374. The first-order valence-electron chi connectivity index (χ1n) is 9.18. The Morgan fingerprint density at radius 2 is 2.09 bits per heavy atom. The van der Waals surface area contributed by atoms with E-state index in [9.17, 15) is 0 Å². The van der Waals surface area contributed by atoms with E-state index in [2.05, 4.69) is 47.7 Å². The molecule has 5 nitrogen and oxygen atoms in total. The molecular weight excluding hydrogens is 286 g/mol. The van der Waals surface area contributed by atoms with Crippen LogP contribution in [0.15, 0.2) is 17.4 Å². The summed E-state index contributed by atoms with van der Waals surface area (Å²) in [7, 11) is 1.96. The molecule has 0 spiro atoms. The number of aromatic nitrogens is 2. The van der Waals surface area contributed by atoms with Crippen LogP contribution >= 0.6 is 0 Å². The van der Waals surface area contributed by atoms with Gasteiger partial charge in [0, 0.05) is 32.4 Å². The maximum absolute atomic E-state index is 4.69. The first kappa shape index (κ1) is 19.5. The number of nitrogens with one attached hydrogen (secondary N) is 2. The minimum Gasteiger partial charge on any atom is -0.357 e. The third-order valence-electron chi connectivity index (χ3n) is 3.87. The van der Waals surface area contributed by atoms with Crippen molar-refractivity contribution < 1.29 is 0 Å². The highest BCUT2D eigenvalue weighted by Crippen LogP contribution is 2.05. The van der Waals surface area contributed by atoms with Crippen LogP contribution in [0.2, 0.25) is 0 Å². The van der Waals surface area contributed by atoms with Gasteiger partial charge in [-0.15, -0.1) is 0 Å². The third-order valence-corrected chi connectivity index (χ3v) is 3.87. The van der Waals surface area contributed by atoms with Gasteiger partial charge in [-0.25, -0.2) is 0 Å². The van der Waals surface area contributed by atoms with Gasteiger partial charge in [-0.3, -0.25) is 9.67 Å². The highest BCUT2D eigenvalue weighted by Gasteiger charge is 2.04. The van der Waals surface area contributed by atoms with Crippen molar-refractivity contribution in [3.05, 3.63) is 18.0 Å². The van der Waals surface area contributed by atoms with Gasteiger partial charge in [-0.05, 0) is 38.7 Å². The summed E-state index contributed by atoms with van der Waals surface area (Å²) in [4.78, 5) is 4.69. The summed E-state index contributed by atoms with van der Waals surface area (Å²) in [6.07, 6.45) is 12.6. The van der Waals surface area contributed by atoms with E-state index in [1.807, 2.05) is 17.9 Å². The lowest BCUT2D eigenvalue weighted by Crippen LogP contribution is -2.42. The molecule has 0 saturated heterocycles. The van der Waals surface area contributed by atoms with Gasteiger partial charge in [0.1, 0.15) is 0 Å². The van der Waals surface area contributed by atoms with E-state index in [0.29, 0.717) is 6.04 Å². The van der Waals surface area contributed by atoms with Crippen molar-refractivity contribution in [3.8, 4) is 0 Å². The Kier molecular flexibility index (Phi) is 10.2. The summed E-state index contributed by atoms with van der Waals surface area (Å²) in [5, 5.41) is 11.1. The van der Waals surface area contributed by atoms with Crippen LogP contribution in [0.1, 0.15) is 64.9 Å². The van der Waals surface area contributed by atoms with Gasteiger partial charge in [0.25, 0.3) is 0 Å². The van der Waals surface area contributed by atoms with E-state index < -0.39 is 0 Å². The number of guanidine groups is 1. The second-order valence-corrected chi connectivity index (χ2v) is 6.28. The maximum Gasteiger partial charge on any atom is 0.191 e. The Morgan fingerprint density at radius 3 is 2.74 bits per heavy atom. The minimum atomic E-state index is 0.475. The van der Waals surface area contributed by atoms with Gasteiger partial charge in [0.05, 0.1) is 6.20 Å². The molecule has 2 N–H and O–H groups in total. The van der Waals surface area contributed by atoms with Crippen LogP contribution in [0, 0.1) is 0 Å². The molecular formula is C18H35N5. The molecule has 0 bridgehead atoms. The van der Waals surface area contributed by atoms with Crippen LogP contribution in [0.3, 0.4) is 0 Å². The van der Waals surface area contributed by atoms with Crippen LogP contribution in [0.5, 0.6) is 0 Å². The summed E-state index contributed by atoms with van der Waals surface area (Å²) >= 11 is 0. The Hall–Kier alpha value is -1.52. The van der Waals surface area contributed by atoms with Gasteiger partial charge in [0.2, 0.25) is 0 Å². The highest BCUT2D eigenvalue weighted by molar-refractivity contribution is 5.80. The molecule has 0 amide bonds. The number of hydrogen-bond acceptors (Lipinski definition) is 2. The van der Waals surface area contributed by atoms with Crippen LogP contribution in [0.4, 0.5) is 0 Å². The van der Waals surface area contributed by atoms with Gasteiger partial charge < -0.3 is 10.6 Å². The molecule has 1 aromatic heterocycles. The Bertz CT molecular complexity index is 438. The first-order chi connectivity index (χ1) is 11.2. The molecule has 1 unspecified atom stereocenters. The normalized spacial score (nSPS) is 13.1. The number of aryl methyl sites for hydroxylation is 2. The summed E-state index contributed by atoms with van der Waals surface area (Å²) in [5.41, 5.74) is 1.28. The zero-order valence-electron chi connectivity index (χ0n) is 15.4. The largest absolute Gasteiger partial charge is 0.357 e. The average molecular weight is 322 g/mol. The second kappa shape index (κ2) is 12.0. The SMILES string of the molecule is CCCCCCC(C)NC(=NCCCc1cnn(C)c1)NCC. The molecule has 0 radical (unpaired) electrons. The van der Waals surface area contributed by atoms with E-state index >= 15 is 0 Å². The first-order valence-corrected chi connectivity index (χ1v) is 9.18. The van der Waals surface area contributed by atoms with Gasteiger partial charge in [0.15, 0.2) is 5.96 Å². The fraction of sp³-hybridized carbons (Fsp3) is 0.778. The standard InChI is InChI=1S/C18H35N5/c1-5-7-8-9-11-16(3)22-18(19-6-2)20-13-10-12-17-14-21-23(4)15-17/h14-16H,5-13H2,1-4H3,(H2,19,20,22). The molecule has 0 aromatic carbocycles. The molecule has 0 fully saturated rings. The fourth-order valence-corrected chi connectivity index (χ4v) is 2.58. The second-order valence-electron chi connectivity index (χ2n) is 6.28. The van der Waals surface area contributed by atoms with Crippen molar-refractivity contribution in [1.82, 2.24) is 20.4 Å². The Balaban J connectivity index is 2.28. The Labute approximate surface area is 142 Å². The molecule has 0 aliphatic rings. The number of nitrogens with zero attached hydrogens (tertiary/aromatic N) is 3. The number of rotatable bonds is 11. The van der Waals surface area contributed by atoms with Crippen LogP contribution < -0.4 is 10.6 Å². The molecule has 0 aliphatic carbocycles. The number of hydrogen-bond donors (Lipinski definition) is 2. The number of unbranched alkanes of at least 4 members (excludes halogenated alkanes) is 3. The topological polar surface area (TPSA) is 54.2 Å². The van der Waals surface area contributed by atoms with E-state index in [-0.39, 0.29) is 0 Å². The van der Waals surface area contributed by atoms with E-state index in [0.717, 1.165) is 31.9 Å². The van der Waals surface area contributed by atoms with Gasteiger partial charge in [-0.2, -0.15) is 5.10 Å². The number of aliphatic imine (C=N–C) groups is 1. The van der Waals surface area contributed by atoms with Gasteiger partial charge in [-0.1, -0.05) is 32.6 Å². The minimum absolute atomic E-state index is 0.475. The lowest BCUT2D eigenvalue weighted by Gasteiger charge is -2.17. The zero-order valence-corrected chi connectivity index (χ0v) is 15.4. The van der Waals surface area contributed by atoms with Crippen molar-refractivity contribution in [3.63, 3.8) is 0 Å². The van der Waals surface area contributed by atoms with Crippen molar-refractivity contribution >= 4 is 5.96 Å². The lowest BCUT2D eigenvalue weighted by atomic mass is 10.1. The highest BCUT2D eigenvalue weighted by atomic mass is 15.2. The maximum atomic E-state index is 4.69. The molecule has 0 aliphatic heterocycles. The van der Waals surface area contributed by atoms with E-state index in [1.54, 1.807) is 0 Å². The van der Waals surface area contributed by atoms with Crippen LogP contribution in [-0.2, 0) is 13.5 Å². The Morgan fingerprint density at radius 1 is 1.26 bits per heavy atom. The molecule has 23 heavy (non-hydrogen) atoms. The zero-order chi connectivity index (χ0) is 16.9. The van der Waals surface area contributed by atoms with Crippen LogP contribution in [-0.4, -0.2) is 34.9 Å². The lowest BCUT2D eigenvalue weighted by molar-refractivity contribution is 0.537. The molecule has 1 aromatic rings.